The Morgan fingerprint density at radius 3 is 2.46 bits per heavy atom. The molecule has 0 saturated heterocycles. The summed E-state index contributed by atoms with van der Waals surface area (Å²) >= 11 is 0. The summed E-state index contributed by atoms with van der Waals surface area (Å²) in [5.74, 6) is 0.158. The van der Waals surface area contributed by atoms with Gasteiger partial charge in [0.2, 0.25) is 0 Å². The number of esters is 1. The predicted octanol–water partition coefficient (Wildman–Crippen LogP) is 4.18. The zero-order valence-electron chi connectivity index (χ0n) is 14.2. The van der Waals surface area contributed by atoms with Gasteiger partial charge in [-0.1, -0.05) is 0 Å². The lowest BCUT2D eigenvalue weighted by molar-refractivity contribution is -0.384. The molecule has 0 radical (unpaired) electrons. The number of hydrogen-bond acceptors (Lipinski definition) is 7. The Labute approximate surface area is 156 Å². The first kappa shape index (κ1) is 17.2. The monoisotopic (exact) mass is 377 g/mol. The molecule has 0 bridgehead atoms. The average Bonchev–Trinajstić information content (AvgIpc) is 3.23. The number of benzene rings is 2. The molecule has 8 heteroatoms. The highest BCUT2D eigenvalue weighted by Crippen LogP contribution is 2.25. The Bertz CT molecular complexity index is 1240. The first-order chi connectivity index (χ1) is 13.5. The molecule has 4 aromatic rings. The highest BCUT2D eigenvalue weighted by atomic mass is 16.6. The fourth-order valence-electron chi connectivity index (χ4n) is 2.62. The maximum absolute atomic E-state index is 12.4. The highest BCUT2D eigenvalue weighted by molar-refractivity contribution is 5.92. The van der Waals surface area contributed by atoms with Gasteiger partial charge >= 0.3 is 5.97 Å². The lowest BCUT2D eigenvalue weighted by Gasteiger charge is -2.06. The largest absolute Gasteiger partial charge is 0.461 e. The number of nitrogens with zero attached hydrogens (tertiary/aromatic N) is 1. The van der Waals surface area contributed by atoms with E-state index in [4.69, 9.17) is 13.6 Å². The number of rotatable bonds is 4. The normalized spacial score (nSPS) is 10.7. The Balaban J connectivity index is 1.62. The Hall–Kier alpha value is -4.20. The number of carbonyl (C=O) groups excluding carboxylic acids is 1. The van der Waals surface area contributed by atoms with Crippen LogP contribution in [0.5, 0.6) is 5.75 Å². The third kappa shape index (κ3) is 3.26. The minimum Gasteiger partial charge on any atom is -0.461 e. The molecule has 0 atom stereocenters. The number of nitro groups is 1. The maximum atomic E-state index is 12.4. The van der Waals surface area contributed by atoms with Crippen LogP contribution in [0.25, 0.3) is 22.5 Å². The van der Waals surface area contributed by atoms with Crippen molar-refractivity contribution in [3.8, 4) is 17.3 Å². The number of non-ortho nitro benzene ring substituents is 1. The molecule has 4 rings (SSSR count). The molecule has 2 aromatic carbocycles. The van der Waals surface area contributed by atoms with Gasteiger partial charge in [0.05, 0.1) is 22.1 Å². The van der Waals surface area contributed by atoms with Crippen molar-refractivity contribution in [2.24, 2.45) is 0 Å². The van der Waals surface area contributed by atoms with E-state index in [-0.39, 0.29) is 33.6 Å². The molecular weight excluding hydrogens is 366 g/mol. The zero-order chi connectivity index (χ0) is 19.7. The van der Waals surface area contributed by atoms with Crippen LogP contribution < -0.4 is 10.2 Å². The van der Waals surface area contributed by atoms with Crippen molar-refractivity contribution in [1.82, 2.24) is 0 Å². The second-order valence-electron chi connectivity index (χ2n) is 5.80. The third-order valence-electron chi connectivity index (χ3n) is 3.99. The Morgan fingerprint density at radius 1 is 1.00 bits per heavy atom. The first-order valence-corrected chi connectivity index (χ1v) is 8.10. The van der Waals surface area contributed by atoms with Crippen LogP contribution in [0.2, 0.25) is 0 Å². The minimum atomic E-state index is -0.703. The molecule has 2 aromatic heterocycles. The van der Waals surface area contributed by atoms with Crippen molar-refractivity contribution in [2.45, 2.75) is 0 Å². The van der Waals surface area contributed by atoms with Crippen LogP contribution in [0.15, 0.2) is 80.6 Å². The van der Waals surface area contributed by atoms with Crippen molar-refractivity contribution in [2.75, 3.05) is 0 Å². The molecule has 0 unspecified atom stereocenters. The van der Waals surface area contributed by atoms with Crippen LogP contribution >= 0.6 is 0 Å². The van der Waals surface area contributed by atoms with Crippen LogP contribution in [0.4, 0.5) is 5.69 Å². The van der Waals surface area contributed by atoms with Crippen molar-refractivity contribution in [3.05, 3.63) is 92.8 Å². The molecule has 2 heterocycles. The number of furan rings is 1. The molecule has 138 valence electrons. The van der Waals surface area contributed by atoms with Gasteiger partial charge in [-0.05, 0) is 42.5 Å². The summed E-state index contributed by atoms with van der Waals surface area (Å²) in [7, 11) is 0. The van der Waals surface area contributed by atoms with E-state index in [1.807, 2.05) is 0 Å². The second-order valence-corrected chi connectivity index (χ2v) is 5.80. The van der Waals surface area contributed by atoms with Crippen molar-refractivity contribution >= 4 is 22.6 Å². The highest BCUT2D eigenvalue weighted by Gasteiger charge is 2.14. The van der Waals surface area contributed by atoms with Crippen molar-refractivity contribution in [1.29, 1.82) is 0 Å². The molecule has 0 N–H and O–H groups in total. The molecule has 0 saturated carbocycles. The summed E-state index contributed by atoms with van der Waals surface area (Å²) in [4.78, 5) is 34.7. The molecule has 28 heavy (non-hydrogen) atoms. The topological polar surface area (TPSA) is 113 Å². The lowest BCUT2D eigenvalue weighted by Crippen LogP contribution is -2.09. The van der Waals surface area contributed by atoms with Crippen LogP contribution in [-0.4, -0.2) is 10.9 Å². The zero-order valence-corrected chi connectivity index (χ0v) is 14.2. The van der Waals surface area contributed by atoms with Crippen LogP contribution in [0.1, 0.15) is 10.4 Å². The van der Waals surface area contributed by atoms with Gasteiger partial charge in [-0.15, -0.1) is 0 Å². The van der Waals surface area contributed by atoms with Crippen LogP contribution in [-0.2, 0) is 0 Å². The number of hydrogen-bond donors (Lipinski definition) is 0. The molecule has 0 aliphatic rings. The van der Waals surface area contributed by atoms with E-state index >= 15 is 0 Å². The fourth-order valence-corrected chi connectivity index (χ4v) is 2.62. The molecule has 0 fully saturated rings. The van der Waals surface area contributed by atoms with Crippen LogP contribution in [0.3, 0.4) is 0 Å². The van der Waals surface area contributed by atoms with E-state index in [1.54, 1.807) is 12.1 Å². The quantitative estimate of drug-likeness (QED) is 0.227. The molecule has 8 nitrogen and oxygen atoms in total. The summed E-state index contributed by atoms with van der Waals surface area (Å²) in [5, 5.41) is 10.9. The van der Waals surface area contributed by atoms with Crippen molar-refractivity contribution in [3.63, 3.8) is 0 Å². The molecule has 0 amide bonds. The van der Waals surface area contributed by atoms with E-state index in [9.17, 15) is 19.7 Å². The molecule has 0 spiro atoms. The van der Waals surface area contributed by atoms with E-state index in [0.717, 1.165) is 0 Å². The Morgan fingerprint density at radius 2 is 1.79 bits per heavy atom. The standard InChI is InChI=1S/C20H11NO7/c22-16-11-19(18-2-1-9-26-18)28-17-8-7-14(10-15(16)17)27-20(23)12-3-5-13(6-4-12)21(24)25/h1-11H. The summed E-state index contributed by atoms with van der Waals surface area (Å²) in [5.41, 5.74) is 0.00745. The SMILES string of the molecule is O=C(Oc1ccc2oc(-c3ccco3)cc(=O)c2c1)c1ccc([N+](=O)[O-])cc1. The second kappa shape index (κ2) is 6.84. The summed E-state index contributed by atoms with van der Waals surface area (Å²) in [6.45, 7) is 0. The average molecular weight is 377 g/mol. The predicted molar refractivity (Wildman–Crippen MR) is 98.2 cm³/mol. The number of nitro benzene ring substituents is 1. The first-order valence-electron chi connectivity index (χ1n) is 8.10. The van der Waals surface area contributed by atoms with Gasteiger partial charge in [-0.25, -0.2) is 4.79 Å². The minimum absolute atomic E-state index is 0.132. The molecule has 0 aliphatic heterocycles. The van der Waals surface area contributed by atoms with Gasteiger partial charge in [0, 0.05) is 18.2 Å². The van der Waals surface area contributed by atoms with Crippen molar-refractivity contribution < 1.29 is 23.3 Å². The lowest BCUT2D eigenvalue weighted by atomic mass is 10.2. The summed E-state index contributed by atoms with van der Waals surface area (Å²) in [6.07, 6.45) is 1.47. The smallest absolute Gasteiger partial charge is 0.343 e. The van der Waals surface area contributed by atoms with Gasteiger partial charge in [-0.3, -0.25) is 14.9 Å². The number of ether oxygens (including phenoxy) is 1. The van der Waals surface area contributed by atoms with Gasteiger partial charge in [0.25, 0.3) is 5.69 Å². The van der Waals surface area contributed by atoms with Gasteiger partial charge in [0.1, 0.15) is 11.3 Å². The van der Waals surface area contributed by atoms with E-state index < -0.39 is 10.9 Å². The summed E-state index contributed by atoms with van der Waals surface area (Å²) < 4.78 is 16.2. The maximum Gasteiger partial charge on any atom is 0.343 e. The van der Waals surface area contributed by atoms with Crippen LogP contribution in [0, 0.1) is 10.1 Å². The van der Waals surface area contributed by atoms with E-state index in [1.165, 1.54) is 54.8 Å². The Kier molecular flexibility index (Phi) is 4.21. The van der Waals surface area contributed by atoms with Gasteiger partial charge in [-0.2, -0.15) is 0 Å². The van der Waals surface area contributed by atoms with Gasteiger partial charge < -0.3 is 13.6 Å². The van der Waals surface area contributed by atoms with Gasteiger partial charge in [0.15, 0.2) is 16.9 Å². The summed E-state index contributed by atoms with van der Waals surface area (Å²) in [6, 6.07) is 14.1. The van der Waals surface area contributed by atoms with E-state index in [2.05, 4.69) is 0 Å². The molecular formula is C20H11NO7. The fraction of sp³-hybridized carbons (Fsp3) is 0. The number of carbonyl (C=O) groups is 1. The number of fused-ring (bicyclic) bond motifs is 1. The molecule has 0 aliphatic carbocycles. The van der Waals surface area contributed by atoms with E-state index in [0.29, 0.717) is 11.3 Å². The third-order valence-corrected chi connectivity index (χ3v) is 3.99.